The molecule has 0 aliphatic carbocycles. The molecule has 0 saturated carbocycles. The van der Waals surface area contributed by atoms with Crippen LogP contribution in [0, 0.1) is 11.8 Å². The molecule has 18 heavy (non-hydrogen) atoms. The fourth-order valence-electron chi connectivity index (χ4n) is 2.94. The van der Waals surface area contributed by atoms with Gasteiger partial charge in [-0.25, -0.2) is 0 Å². The molecule has 1 saturated heterocycles. The third-order valence-electron chi connectivity index (χ3n) is 4.15. The van der Waals surface area contributed by atoms with E-state index in [0.29, 0.717) is 16.7 Å². The predicted octanol–water partition coefficient (Wildman–Crippen LogP) is 3.83. The molecule has 0 aromatic heterocycles. The smallest absolute Gasteiger partial charge is 0.0725 e. The fourth-order valence-corrected chi connectivity index (χ4v) is 4.01. The van der Waals surface area contributed by atoms with Gasteiger partial charge in [-0.05, 0) is 34.9 Å². The number of rotatable bonds is 2. The minimum Gasteiger partial charge on any atom is -0.381 e. The summed E-state index contributed by atoms with van der Waals surface area (Å²) in [6.45, 7) is 5.61. The van der Waals surface area contributed by atoms with Crippen LogP contribution in [0.5, 0.6) is 0 Å². The molecule has 3 unspecified atom stereocenters. The Hall–Kier alpha value is -0.380. The highest BCUT2D eigenvalue weighted by Gasteiger charge is 2.29. The van der Waals surface area contributed by atoms with Crippen molar-refractivity contribution in [2.75, 3.05) is 13.2 Å². The molecule has 0 amide bonds. The Bertz CT molecular complexity index is 433. The van der Waals surface area contributed by atoms with Crippen LogP contribution in [0.2, 0.25) is 0 Å². The normalized spacial score (nSPS) is 29.0. The summed E-state index contributed by atoms with van der Waals surface area (Å²) < 4.78 is 11.0. The Balaban J connectivity index is 1.81. The molecule has 2 heterocycles. The lowest BCUT2D eigenvalue weighted by Crippen LogP contribution is -2.28. The minimum atomic E-state index is 0.433. The zero-order valence-corrected chi connectivity index (χ0v) is 12.3. The number of benzene rings is 1. The van der Waals surface area contributed by atoms with Gasteiger partial charge < -0.3 is 9.47 Å². The molecule has 3 heteroatoms. The molecule has 1 fully saturated rings. The number of ether oxygens (including phenoxy) is 2. The first-order valence-electron chi connectivity index (χ1n) is 6.67. The second kappa shape index (κ2) is 5.32. The van der Waals surface area contributed by atoms with Crippen LogP contribution in [0.25, 0.3) is 0 Å². The van der Waals surface area contributed by atoms with Crippen molar-refractivity contribution < 1.29 is 9.47 Å². The van der Waals surface area contributed by atoms with Crippen molar-refractivity contribution in [2.45, 2.75) is 31.4 Å². The largest absolute Gasteiger partial charge is 0.381 e. The third kappa shape index (κ3) is 2.36. The summed E-state index contributed by atoms with van der Waals surface area (Å²) >= 11 is 3.90. The minimum absolute atomic E-state index is 0.433. The third-order valence-corrected chi connectivity index (χ3v) is 5.35. The van der Waals surface area contributed by atoms with E-state index in [9.17, 15) is 0 Å². The van der Waals surface area contributed by atoms with E-state index in [-0.39, 0.29) is 0 Å². The second-order valence-corrected chi connectivity index (χ2v) is 6.41. The Morgan fingerprint density at radius 1 is 1.22 bits per heavy atom. The van der Waals surface area contributed by atoms with Gasteiger partial charge >= 0.3 is 0 Å². The quantitative estimate of drug-likeness (QED) is 0.773. The molecule has 98 valence electrons. The monoisotopic (exact) mass is 310 g/mol. The van der Waals surface area contributed by atoms with E-state index in [1.807, 2.05) is 0 Å². The molecule has 1 aromatic carbocycles. The van der Waals surface area contributed by atoms with E-state index in [4.69, 9.17) is 9.47 Å². The zero-order chi connectivity index (χ0) is 12.5. The Morgan fingerprint density at radius 2 is 2.06 bits per heavy atom. The molecule has 0 N–H and O–H groups in total. The topological polar surface area (TPSA) is 18.5 Å². The predicted molar refractivity (Wildman–Crippen MR) is 74.7 cm³/mol. The first kappa shape index (κ1) is 12.6. The van der Waals surface area contributed by atoms with Crippen molar-refractivity contribution in [2.24, 2.45) is 11.8 Å². The molecule has 3 rings (SSSR count). The lowest BCUT2D eigenvalue weighted by atomic mass is 9.84. The van der Waals surface area contributed by atoms with Gasteiger partial charge in [0.25, 0.3) is 0 Å². The summed E-state index contributed by atoms with van der Waals surface area (Å²) in [5.41, 5.74) is 4.09. The van der Waals surface area contributed by atoms with Gasteiger partial charge in [0.2, 0.25) is 0 Å². The molecule has 2 aliphatic heterocycles. The maximum absolute atomic E-state index is 5.53. The standard InChI is InChI=1S/C15H19BrO2/c1-10-7-17-5-4-14(10)15(16)11-2-3-12-8-18-9-13(12)6-11/h2-3,6,10,14-15H,4-5,7-9H2,1H3. The summed E-state index contributed by atoms with van der Waals surface area (Å²) in [6.07, 6.45) is 1.14. The Labute approximate surface area is 117 Å². The van der Waals surface area contributed by atoms with Crippen molar-refractivity contribution in [3.8, 4) is 0 Å². The highest BCUT2D eigenvalue weighted by atomic mass is 79.9. The lowest BCUT2D eigenvalue weighted by Gasteiger charge is -2.32. The summed E-state index contributed by atoms with van der Waals surface area (Å²) in [4.78, 5) is 0.433. The van der Waals surface area contributed by atoms with Gasteiger partial charge in [0.15, 0.2) is 0 Å². The van der Waals surface area contributed by atoms with E-state index < -0.39 is 0 Å². The van der Waals surface area contributed by atoms with Crippen LogP contribution in [0.4, 0.5) is 0 Å². The summed E-state index contributed by atoms with van der Waals surface area (Å²) in [6, 6.07) is 6.77. The maximum Gasteiger partial charge on any atom is 0.0725 e. The molecule has 0 bridgehead atoms. The van der Waals surface area contributed by atoms with Crippen molar-refractivity contribution in [1.29, 1.82) is 0 Å². The lowest BCUT2D eigenvalue weighted by molar-refractivity contribution is 0.0241. The number of alkyl halides is 1. The van der Waals surface area contributed by atoms with Crippen LogP contribution in [-0.2, 0) is 22.7 Å². The Morgan fingerprint density at radius 3 is 2.89 bits per heavy atom. The van der Waals surface area contributed by atoms with Gasteiger partial charge in [0.05, 0.1) is 13.2 Å². The van der Waals surface area contributed by atoms with Gasteiger partial charge in [-0.2, -0.15) is 0 Å². The van der Waals surface area contributed by atoms with Gasteiger partial charge in [0.1, 0.15) is 0 Å². The molecule has 3 atom stereocenters. The van der Waals surface area contributed by atoms with Crippen molar-refractivity contribution in [3.05, 3.63) is 34.9 Å². The number of halogens is 1. The molecule has 1 aromatic rings. The molecular formula is C15H19BrO2. The summed E-state index contributed by atoms with van der Waals surface area (Å²) in [7, 11) is 0. The van der Waals surface area contributed by atoms with Gasteiger partial charge in [0, 0.05) is 18.0 Å². The average Bonchev–Trinajstić information content (AvgIpc) is 2.85. The molecule has 0 radical (unpaired) electrons. The Kier molecular flexibility index (Phi) is 3.73. The number of hydrogen-bond donors (Lipinski definition) is 0. The van der Waals surface area contributed by atoms with E-state index in [1.165, 1.54) is 16.7 Å². The van der Waals surface area contributed by atoms with Crippen LogP contribution < -0.4 is 0 Å². The van der Waals surface area contributed by atoms with E-state index in [0.717, 1.165) is 32.8 Å². The fraction of sp³-hybridized carbons (Fsp3) is 0.600. The highest BCUT2D eigenvalue weighted by molar-refractivity contribution is 9.09. The van der Waals surface area contributed by atoms with E-state index in [2.05, 4.69) is 41.1 Å². The zero-order valence-electron chi connectivity index (χ0n) is 10.7. The van der Waals surface area contributed by atoms with Crippen LogP contribution in [-0.4, -0.2) is 13.2 Å². The van der Waals surface area contributed by atoms with E-state index >= 15 is 0 Å². The van der Waals surface area contributed by atoms with Gasteiger partial charge in [-0.1, -0.05) is 41.1 Å². The van der Waals surface area contributed by atoms with E-state index in [1.54, 1.807) is 0 Å². The second-order valence-electron chi connectivity index (χ2n) is 5.43. The SMILES string of the molecule is CC1COCCC1C(Br)c1ccc2c(c1)COC2. The molecule has 2 nitrogen and oxygen atoms in total. The maximum atomic E-state index is 5.53. The molecule has 2 aliphatic rings. The van der Waals surface area contributed by atoms with Crippen LogP contribution in [0.15, 0.2) is 18.2 Å². The number of hydrogen-bond acceptors (Lipinski definition) is 2. The van der Waals surface area contributed by atoms with Gasteiger partial charge in [-0.3, -0.25) is 0 Å². The molecular weight excluding hydrogens is 292 g/mol. The number of fused-ring (bicyclic) bond motifs is 1. The highest BCUT2D eigenvalue weighted by Crippen LogP contribution is 2.40. The van der Waals surface area contributed by atoms with Crippen LogP contribution in [0.3, 0.4) is 0 Å². The van der Waals surface area contributed by atoms with Crippen molar-refractivity contribution in [3.63, 3.8) is 0 Å². The average molecular weight is 311 g/mol. The van der Waals surface area contributed by atoms with Crippen LogP contribution in [0.1, 0.15) is 34.9 Å². The summed E-state index contributed by atoms with van der Waals surface area (Å²) in [5, 5.41) is 0. The first-order valence-corrected chi connectivity index (χ1v) is 7.58. The van der Waals surface area contributed by atoms with Crippen LogP contribution >= 0.6 is 15.9 Å². The first-order chi connectivity index (χ1) is 8.75. The molecule has 0 spiro atoms. The summed E-state index contributed by atoms with van der Waals surface area (Å²) in [5.74, 6) is 1.28. The van der Waals surface area contributed by atoms with Gasteiger partial charge in [-0.15, -0.1) is 0 Å². The van der Waals surface area contributed by atoms with Crippen molar-refractivity contribution >= 4 is 15.9 Å². The van der Waals surface area contributed by atoms with Crippen molar-refractivity contribution in [1.82, 2.24) is 0 Å².